The first-order valence-corrected chi connectivity index (χ1v) is 12.9. The molecule has 37 heavy (non-hydrogen) atoms. The van der Waals surface area contributed by atoms with E-state index in [4.69, 9.17) is 21.1 Å². The molecule has 1 amide bonds. The lowest BCUT2D eigenvalue weighted by Crippen LogP contribution is -2.29. The Labute approximate surface area is 219 Å². The van der Waals surface area contributed by atoms with Crippen molar-refractivity contribution < 1.29 is 18.7 Å². The zero-order chi connectivity index (χ0) is 25.6. The van der Waals surface area contributed by atoms with Crippen LogP contribution in [0.15, 0.2) is 48.8 Å². The number of benzene rings is 2. The Bertz CT molecular complexity index is 1290. The van der Waals surface area contributed by atoms with Crippen molar-refractivity contribution in [2.24, 2.45) is 0 Å². The molecule has 0 unspecified atom stereocenters. The van der Waals surface area contributed by atoms with Crippen LogP contribution in [-0.4, -0.2) is 59.7 Å². The Morgan fingerprint density at radius 2 is 2.08 bits per heavy atom. The van der Waals surface area contributed by atoms with Gasteiger partial charge in [0.2, 0.25) is 5.91 Å². The minimum Gasteiger partial charge on any atom is -0.486 e. The van der Waals surface area contributed by atoms with Crippen LogP contribution >= 0.6 is 11.6 Å². The van der Waals surface area contributed by atoms with Crippen LogP contribution in [-0.2, 0) is 9.53 Å². The van der Waals surface area contributed by atoms with Crippen LogP contribution < -0.4 is 15.4 Å². The number of halogens is 2. The molecule has 2 aromatic carbocycles. The van der Waals surface area contributed by atoms with Crippen LogP contribution in [0.4, 0.5) is 21.6 Å². The summed E-state index contributed by atoms with van der Waals surface area (Å²) in [5.41, 5.74) is 1.70. The first kappa shape index (κ1) is 25.4. The zero-order valence-electron chi connectivity index (χ0n) is 20.4. The van der Waals surface area contributed by atoms with Crippen molar-refractivity contribution in [3.05, 3.63) is 59.7 Å². The van der Waals surface area contributed by atoms with Gasteiger partial charge in [0.1, 0.15) is 29.8 Å². The summed E-state index contributed by atoms with van der Waals surface area (Å²) >= 11 is 5.94. The predicted molar refractivity (Wildman–Crippen MR) is 142 cm³/mol. The SMILES string of the molecule is O=C(/C=C/CN1CCCCC1)Nc1cc2c(Nc3ccc(F)c(Cl)c3)ncnc2cc1O[C@H]1CCOC1. The minimum absolute atomic E-state index is 0.00197. The number of nitrogens with one attached hydrogen (secondary N) is 2. The summed E-state index contributed by atoms with van der Waals surface area (Å²) in [6.45, 7) is 4.00. The minimum atomic E-state index is -0.504. The van der Waals surface area contributed by atoms with Crippen LogP contribution in [0.5, 0.6) is 5.75 Å². The van der Waals surface area contributed by atoms with Crippen molar-refractivity contribution in [2.75, 3.05) is 43.5 Å². The predicted octanol–water partition coefficient (Wildman–Crippen LogP) is 5.31. The van der Waals surface area contributed by atoms with E-state index in [1.165, 1.54) is 37.7 Å². The zero-order valence-corrected chi connectivity index (χ0v) is 21.1. The van der Waals surface area contributed by atoms with Crippen molar-refractivity contribution >= 4 is 45.6 Å². The summed E-state index contributed by atoms with van der Waals surface area (Å²) in [4.78, 5) is 23.9. The van der Waals surface area contributed by atoms with E-state index >= 15 is 0 Å². The molecule has 8 nitrogen and oxygen atoms in total. The van der Waals surface area contributed by atoms with E-state index in [0.29, 0.717) is 47.1 Å². The van der Waals surface area contributed by atoms with Gasteiger partial charge in [-0.15, -0.1) is 0 Å². The quantitative estimate of drug-likeness (QED) is 0.385. The second kappa shape index (κ2) is 11.9. The Morgan fingerprint density at radius 1 is 1.22 bits per heavy atom. The molecule has 2 aliphatic heterocycles. The van der Waals surface area contributed by atoms with E-state index in [0.717, 1.165) is 26.1 Å². The fourth-order valence-electron chi connectivity index (χ4n) is 4.50. The smallest absolute Gasteiger partial charge is 0.248 e. The molecule has 0 spiro atoms. The number of hydrogen-bond acceptors (Lipinski definition) is 7. The number of anilines is 3. The lowest BCUT2D eigenvalue weighted by molar-refractivity contribution is -0.111. The number of nitrogens with zero attached hydrogens (tertiary/aromatic N) is 3. The number of hydrogen-bond donors (Lipinski definition) is 2. The normalized spacial score (nSPS) is 18.4. The van der Waals surface area contributed by atoms with E-state index in [-0.39, 0.29) is 17.0 Å². The molecule has 2 saturated heterocycles. The molecule has 0 aliphatic carbocycles. The highest BCUT2D eigenvalue weighted by atomic mass is 35.5. The molecule has 194 valence electrons. The number of aromatic nitrogens is 2. The molecule has 0 radical (unpaired) electrons. The average molecular weight is 526 g/mol. The molecule has 1 aromatic heterocycles. The van der Waals surface area contributed by atoms with E-state index in [1.807, 2.05) is 6.08 Å². The third-order valence-corrected chi connectivity index (χ3v) is 6.73. The molecule has 1 atom stereocenters. The fourth-order valence-corrected chi connectivity index (χ4v) is 4.68. The third-order valence-electron chi connectivity index (χ3n) is 6.44. The maximum Gasteiger partial charge on any atom is 0.248 e. The van der Waals surface area contributed by atoms with Gasteiger partial charge in [0.05, 0.1) is 29.4 Å². The third kappa shape index (κ3) is 6.54. The topological polar surface area (TPSA) is 88.6 Å². The van der Waals surface area contributed by atoms with Crippen molar-refractivity contribution in [2.45, 2.75) is 31.8 Å². The fraction of sp³-hybridized carbons (Fsp3) is 0.370. The lowest BCUT2D eigenvalue weighted by Gasteiger charge is -2.24. The van der Waals surface area contributed by atoms with Crippen molar-refractivity contribution in [3.63, 3.8) is 0 Å². The van der Waals surface area contributed by atoms with Gasteiger partial charge in [-0.3, -0.25) is 9.69 Å². The van der Waals surface area contributed by atoms with Gasteiger partial charge in [-0.1, -0.05) is 24.1 Å². The molecule has 5 rings (SSSR count). The van der Waals surface area contributed by atoms with Gasteiger partial charge in [-0.2, -0.15) is 0 Å². The van der Waals surface area contributed by atoms with Gasteiger partial charge in [-0.25, -0.2) is 14.4 Å². The lowest BCUT2D eigenvalue weighted by atomic mass is 10.1. The highest BCUT2D eigenvalue weighted by Gasteiger charge is 2.21. The molecular weight excluding hydrogens is 497 g/mol. The number of amides is 1. The summed E-state index contributed by atoms with van der Waals surface area (Å²) < 4.78 is 25.3. The van der Waals surface area contributed by atoms with Crippen LogP contribution in [0.25, 0.3) is 10.9 Å². The van der Waals surface area contributed by atoms with Gasteiger partial charge in [0, 0.05) is 36.2 Å². The summed E-state index contributed by atoms with van der Waals surface area (Å²) in [7, 11) is 0. The standard InChI is InChI=1S/C27H29ClFN5O3/c28-21-13-18(6-7-22(21)29)32-27-20-14-24(33-26(35)5-4-11-34-9-2-1-3-10-34)25(15-23(20)30-17-31-27)37-19-8-12-36-16-19/h4-7,13-15,17,19H,1-3,8-12,16H2,(H,33,35)(H,30,31,32)/b5-4+/t19-/m0/s1. The van der Waals surface area contributed by atoms with E-state index < -0.39 is 5.82 Å². The van der Waals surface area contributed by atoms with E-state index in [1.54, 1.807) is 24.3 Å². The maximum absolute atomic E-state index is 13.6. The Hall–Kier alpha value is -3.27. The number of piperidine rings is 1. The molecule has 3 aromatic rings. The number of carbonyl (C=O) groups is 1. The van der Waals surface area contributed by atoms with Crippen molar-refractivity contribution in [1.29, 1.82) is 0 Å². The number of fused-ring (bicyclic) bond motifs is 1. The highest BCUT2D eigenvalue weighted by Crippen LogP contribution is 2.35. The average Bonchev–Trinajstić information content (AvgIpc) is 3.41. The molecule has 2 aliphatic rings. The Kier molecular flexibility index (Phi) is 8.13. The first-order chi connectivity index (χ1) is 18.0. The number of ether oxygens (including phenoxy) is 2. The summed E-state index contributed by atoms with van der Waals surface area (Å²) in [6, 6.07) is 7.90. The van der Waals surface area contributed by atoms with Gasteiger partial charge < -0.3 is 20.1 Å². The second-order valence-corrected chi connectivity index (χ2v) is 9.61. The molecule has 2 N–H and O–H groups in total. The molecule has 3 heterocycles. The van der Waals surface area contributed by atoms with E-state index in [9.17, 15) is 9.18 Å². The van der Waals surface area contributed by atoms with Crippen LogP contribution in [0, 0.1) is 5.82 Å². The van der Waals surface area contributed by atoms with E-state index in [2.05, 4.69) is 25.5 Å². The van der Waals surface area contributed by atoms with Gasteiger partial charge >= 0.3 is 0 Å². The number of carbonyl (C=O) groups excluding carboxylic acids is 1. The highest BCUT2D eigenvalue weighted by molar-refractivity contribution is 6.31. The van der Waals surface area contributed by atoms with Crippen LogP contribution in [0.2, 0.25) is 5.02 Å². The first-order valence-electron chi connectivity index (χ1n) is 12.5. The maximum atomic E-state index is 13.6. The number of rotatable bonds is 8. The molecule has 0 saturated carbocycles. The van der Waals surface area contributed by atoms with Crippen molar-refractivity contribution in [3.8, 4) is 5.75 Å². The largest absolute Gasteiger partial charge is 0.486 e. The number of likely N-dealkylation sites (tertiary alicyclic amines) is 1. The summed E-state index contributed by atoms with van der Waals surface area (Å²) in [5.74, 6) is 0.242. The molecule has 10 heteroatoms. The monoisotopic (exact) mass is 525 g/mol. The van der Waals surface area contributed by atoms with Crippen LogP contribution in [0.3, 0.4) is 0 Å². The summed E-state index contributed by atoms with van der Waals surface area (Å²) in [5, 5.41) is 6.78. The van der Waals surface area contributed by atoms with Gasteiger partial charge in [0.25, 0.3) is 0 Å². The Morgan fingerprint density at radius 3 is 2.86 bits per heavy atom. The van der Waals surface area contributed by atoms with Crippen LogP contribution in [0.1, 0.15) is 25.7 Å². The molecule has 2 fully saturated rings. The summed E-state index contributed by atoms with van der Waals surface area (Å²) in [6.07, 6.45) is 9.21. The second-order valence-electron chi connectivity index (χ2n) is 9.20. The van der Waals surface area contributed by atoms with Gasteiger partial charge in [0.15, 0.2) is 0 Å². The Balaban J connectivity index is 1.41. The van der Waals surface area contributed by atoms with Crippen molar-refractivity contribution in [1.82, 2.24) is 14.9 Å². The molecule has 0 bridgehead atoms. The van der Waals surface area contributed by atoms with Gasteiger partial charge in [-0.05, 0) is 50.2 Å². The molecular formula is C27H29ClFN5O3.